The van der Waals surface area contributed by atoms with Gasteiger partial charge in [-0.15, -0.1) is 0 Å². The van der Waals surface area contributed by atoms with Crippen LogP contribution in [0.1, 0.15) is 31.0 Å². The minimum Gasteiger partial charge on any atom is -0.496 e. The van der Waals surface area contributed by atoms with Crippen LogP contribution in [-0.4, -0.2) is 41.9 Å². The first-order chi connectivity index (χ1) is 20.1. The molecule has 2 heterocycles. The summed E-state index contributed by atoms with van der Waals surface area (Å²) in [4.78, 5) is 43.4. The van der Waals surface area contributed by atoms with E-state index in [1.807, 2.05) is 36.4 Å². The van der Waals surface area contributed by atoms with Gasteiger partial charge in [-0.25, -0.2) is 14.6 Å². The van der Waals surface area contributed by atoms with Gasteiger partial charge in [0.1, 0.15) is 11.8 Å². The van der Waals surface area contributed by atoms with Gasteiger partial charge < -0.3 is 19.3 Å². The van der Waals surface area contributed by atoms with Crippen molar-refractivity contribution in [3.05, 3.63) is 101 Å². The lowest BCUT2D eigenvalue weighted by molar-refractivity contribution is -0.140. The molecule has 0 unspecified atom stereocenters. The molecule has 1 atom stereocenters. The smallest absolute Gasteiger partial charge is 0.341 e. The van der Waals surface area contributed by atoms with E-state index < -0.39 is 30.1 Å². The highest BCUT2D eigenvalue weighted by molar-refractivity contribution is 7.07. The van der Waals surface area contributed by atoms with Crippen molar-refractivity contribution in [3.63, 3.8) is 0 Å². The normalized spacial score (nSPS) is 14.9. The molecule has 3 aromatic carbocycles. The number of hydrogen-bond donors (Lipinski definition) is 1. The van der Waals surface area contributed by atoms with Gasteiger partial charge in [0.2, 0.25) is 0 Å². The van der Waals surface area contributed by atoms with Crippen molar-refractivity contribution in [1.82, 2.24) is 4.57 Å². The Hall–Kier alpha value is -4.12. The molecule has 0 spiro atoms. The first kappa shape index (κ1) is 29.4. The van der Waals surface area contributed by atoms with Crippen LogP contribution >= 0.6 is 34.5 Å². The van der Waals surface area contributed by atoms with E-state index in [1.165, 1.54) is 23.8 Å². The first-order valence-electron chi connectivity index (χ1n) is 12.7. The Labute approximate surface area is 253 Å². The van der Waals surface area contributed by atoms with Gasteiger partial charge in [0.05, 0.1) is 39.6 Å². The molecule has 5 rings (SSSR count). The number of carbonyl (C=O) groups is 2. The van der Waals surface area contributed by atoms with Crippen molar-refractivity contribution in [2.24, 2.45) is 4.99 Å². The Balaban J connectivity index is 1.75. The molecular formula is C30H24Cl2N2O7S. The number of carboxylic acids is 1. The number of fused-ring (bicyclic) bond motifs is 2. The molecule has 0 bridgehead atoms. The van der Waals surface area contributed by atoms with Crippen molar-refractivity contribution in [2.45, 2.75) is 19.9 Å². The average Bonchev–Trinajstić information content (AvgIpc) is 3.25. The minimum atomic E-state index is -1.18. The summed E-state index contributed by atoms with van der Waals surface area (Å²) >= 11 is 13.8. The number of aromatic nitrogens is 1. The molecule has 0 aliphatic carbocycles. The third kappa shape index (κ3) is 5.40. The van der Waals surface area contributed by atoms with Crippen LogP contribution < -0.4 is 24.4 Å². The monoisotopic (exact) mass is 626 g/mol. The molecule has 0 saturated heterocycles. The number of methoxy groups -OCH3 is 1. The zero-order valence-electron chi connectivity index (χ0n) is 22.6. The maximum absolute atomic E-state index is 14.1. The molecule has 1 aliphatic rings. The molecule has 216 valence electrons. The van der Waals surface area contributed by atoms with Crippen LogP contribution in [0.3, 0.4) is 0 Å². The number of carbonyl (C=O) groups excluding carboxylic acids is 1. The summed E-state index contributed by atoms with van der Waals surface area (Å²) in [7, 11) is 1.54. The van der Waals surface area contributed by atoms with E-state index in [2.05, 4.69) is 4.99 Å². The lowest BCUT2D eigenvalue weighted by Gasteiger charge is -2.27. The molecule has 1 aromatic heterocycles. The van der Waals surface area contributed by atoms with Crippen LogP contribution in [0.4, 0.5) is 0 Å². The van der Waals surface area contributed by atoms with Gasteiger partial charge in [0, 0.05) is 5.56 Å². The van der Waals surface area contributed by atoms with Gasteiger partial charge in [-0.2, -0.15) is 0 Å². The maximum atomic E-state index is 14.1. The Kier molecular flexibility index (Phi) is 8.40. The number of nitrogens with zero attached hydrogens (tertiary/aromatic N) is 2. The van der Waals surface area contributed by atoms with Crippen LogP contribution in [0.2, 0.25) is 10.0 Å². The Morgan fingerprint density at radius 1 is 1.14 bits per heavy atom. The molecular weight excluding hydrogens is 603 g/mol. The number of halogens is 2. The molecule has 0 radical (unpaired) electrons. The fourth-order valence-corrected chi connectivity index (χ4v) is 6.55. The second-order valence-corrected chi connectivity index (χ2v) is 11.0. The van der Waals surface area contributed by atoms with Crippen molar-refractivity contribution in [2.75, 3.05) is 20.3 Å². The highest BCUT2D eigenvalue weighted by atomic mass is 35.5. The molecule has 9 nitrogen and oxygen atoms in total. The molecule has 0 fully saturated rings. The van der Waals surface area contributed by atoms with E-state index in [0.29, 0.717) is 31.9 Å². The first-order valence-corrected chi connectivity index (χ1v) is 14.3. The molecule has 4 aromatic rings. The number of carboxylic acid groups (broad SMARTS) is 1. The third-order valence-corrected chi connectivity index (χ3v) is 8.14. The van der Waals surface area contributed by atoms with E-state index >= 15 is 0 Å². The van der Waals surface area contributed by atoms with Crippen LogP contribution in [0.15, 0.2) is 69.6 Å². The van der Waals surface area contributed by atoms with Gasteiger partial charge in [-0.1, -0.05) is 64.9 Å². The van der Waals surface area contributed by atoms with Crippen molar-refractivity contribution in [3.8, 4) is 11.5 Å². The number of hydrogen-bond acceptors (Lipinski definition) is 8. The average molecular weight is 628 g/mol. The number of rotatable bonds is 8. The van der Waals surface area contributed by atoms with E-state index in [1.54, 1.807) is 19.9 Å². The van der Waals surface area contributed by atoms with Crippen molar-refractivity contribution >= 4 is 63.3 Å². The summed E-state index contributed by atoms with van der Waals surface area (Å²) in [5.41, 5.74) is 1.38. The van der Waals surface area contributed by atoms with Crippen molar-refractivity contribution in [1.29, 1.82) is 0 Å². The predicted octanol–water partition coefficient (Wildman–Crippen LogP) is 4.73. The zero-order valence-corrected chi connectivity index (χ0v) is 25.0. The highest BCUT2D eigenvalue weighted by Crippen LogP contribution is 2.40. The number of esters is 1. The van der Waals surface area contributed by atoms with Crippen LogP contribution in [0, 0.1) is 0 Å². The fraction of sp³-hybridized carbons (Fsp3) is 0.200. The Bertz CT molecular complexity index is 1940. The van der Waals surface area contributed by atoms with E-state index in [4.69, 9.17) is 42.5 Å². The van der Waals surface area contributed by atoms with E-state index in [-0.39, 0.29) is 28.0 Å². The Morgan fingerprint density at radius 3 is 2.52 bits per heavy atom. The van der Waals surface area contributed by atoms with Gasteiger partial charge in [0.15, 0.2) is 17.2 Å². The molecule has 12 heteroatoms. The summed E-state index contributed by atoms with van der Waals surface area (Å²) in [6, 6.07) is 13.5. The second-order valence-electron chi connectivity index (χ2n) is 9.20. The minimum absolute atomic E-state index is 0.0251. The largest absolute Gasteiger partial charge is 0.496 e. The SMILES string of the molecule is CCOC(=O)C1=C(C)N=c2s/c(=C\c3cc(Cl)c(OCC(=O)O)c(Cl)c3)c(=O)n2[C@@H]1c1c(OC)ccc2ccccc12. The summed E-state index contributed by atoms with van der Waals surface area (Å²) in [6.45, 7) is 2.96. The number of thiazole rings is 1. The molecule has 1 N–H and O–H groups in total. The summed E-state index contributed by atoms with van der Waals surface area (Å²) in [5, 5.41) is 10.8. The standard InChI is InChI=1S/C30H24Cl2N2O7S/c1-4-40-29(38)24-15(2)33-30-34(26(24)25-18-8-6-5-7-17(18)9-10-21(25)39-3)28(37)22(42-30)13-16-11-19(31)27(20(32)12-16)41-14-23(35)36/h5-13,26H,4,14H2,1-3H3,(H,35,36)/b22-13-/t26-/m0/s1. The van der Waals surface area contributed by atoms with Crippen molar-refractivity contribution < 1.29 is 28.9 Å². The topological polar surface area (TPSA) is 116 Å². The van der Waals surface area contributed by atoms with Gasteiger partial charge in [-0.05, 0) is 54.5 Å². The van der Waals surface area contributed by atoms with E-state index in [9.17, 15) is 14.4 Å². The molecule has 42 heavy (non-hydrogen) atoms. The molecule has 0 amide bonds. The fourth-order valence-electron chi connectivity index (χ4n) is 4.89. The number of ether oxygens (including phenoxy) is 3. The number of aliphatic carboxylic acids is 1. The van der Waals surface area contributed by atoms with Gasteiger partial charge in [0.25, 0.3) is 5.56 Å². The maximum Gasteiger partial charge on any atom is 0.341 e. The summed E-state index contributed by atoms with van der Waals surface area (Å²) in [6.07, 6.45) is 1.60. The van der Waals surface area contributed by atoms with Crippen LogP contribution in [-0.2, 0) is 14.3 Å². The molecule has 0 saturated carbocycles. The van der Waals surface area contributed by atoms with Gasteiger partial charge in [-0.3, -0.25) is 9.36 Å². The summed E-state index contributed by atoms with van der Waals surface area (Å²) in [5.74, 6) is -1.23. The third-order valence-electron chi connectivity index (χ3n) is 6.60. The zero-order chi connectivity index (χ0) is 30.1. The quantitative estimate of drug-likeness (QED) is 0.281. The number of benzene rings is 3. The summed E-state index contributed by atoms with van der Waals surface area (Å²) < 4.78 is 18.2. The Morgan fingerprint density at radius 2 is 1.86 bits per heavy atom. The second kappa shape index (κ2) is 12.0. The highest BCUT2D eigenvalue weighted by Gasteiger charge is 2.36. The van der Waals surface area contributed by atoms with E-state index in [0.717, 1.165) is 22.1 Å². The lowest BCUT2D eigenvalue weighted by atomic mass is 9.90. The lowest BCUT2D eigenvalue weighted by Crippen LogP contribution is -2.40. The molecule has 1 aliphatic heterocycles. The number of allylic oxidation sites excluding steroid dienone is 1. The predicted molar refractivity (Wildman–Crippen MR) is 160 cm³/mol. The van der Waals surface area contributed by atoms with Crippen LogP contribution in [0.25, 0.3) is 16.8 Å². The van der Waals surface area contributed by atoms with Crippen LogP contribution in [0.5, 0.6) is 11.5 Å². The van der Waals surface area contributed by atoms with Gasteiger partial charge >= 0.3 is 11.9 Å².